The number of nitrogens with one attached hydrogen (secondary N) is 2. The fraction of sp³-hybridized carbons (Fsp3) is 0.296. The van der Waals surface area contributed by atoms with Crippen LogP contribution in [0.4, 0.5) is 31.9 Å². The summed E-state index contributed by atoms with van der Waals surface area (Å²) < 4.78 is 67.2. The maximum absolute atomic E-state index is 15.4. The van der Waals surface area contributed by atoms with Gasteiger partial charge >= 0.3 is 5.69 Å². The Balaban J connectivity index is 1.48. The number of halogens is 2. The third-order valence-electron chi connectivity index (χ3n) is 6.76. The number of ether oxygens (including phenoxy) is 2. The van der Waals surface area contributed by atoms with E-state index in [0.717, 1.165) is 41.7 Å². The van der Waals surface area contributed by atoms with Crippen LogP contribution in [0.3, 0.4) is 0 Å². The molecule has 14 nitrogen and oxygen atoms in total. The van der Waals surface area contributed by atoms with E-state index >= 15 is 4.39 Å². The molecule has 0 amide bonds. The molecular formula is C27H27F2N7O7S2. The number of benzene rings is 2. The molecule has 1 saturated heterocycles. The lowest BCUT2D eigenvalue weighted by atomic mass is 10.2. The molecule has 0 aliphatic carbocycles. The van der Waals surface area contributed by atoms with Crippen molar-refractivity contribution in [2.75, 3.05) is 43.7 Å². The summed E-state index contributed by atoms with van der Waals surface area (Å²) in [5.74, 6) is -1.92. The average Bonchev–Trinajstić information content (AvgIpc) is 3.42. The third-order valence-corrected chi connectivity index (χ3v) is 9.34. The summed E-state index contributed by atoms with van der Waals surface area (Å²) in [5.41, 5.74) is -0.504. The number of aliphatic hydroxyl groups is 1. The third kappa shape index (κ3) is 6.98. The number of aryl methyl sites for hydroxylation is 1. The van der Waals surface area contributed by atoms with Crippen LogP contribution in [0.2, 0.25) is 0 Å². The summed E-state index contributed by atoms with van der Waals surface area (Å²) in [5, 5.41) is 31.1. The summed E-state index contributed by atoms with van der Waals surface area (Å²) >= 11 is 0.810. The monoisotopic (exact) mass is 663 g/mol. The van der Waals surface area contributed by atoms with E-state index in [9.17, 15) is 28.0 Å². The average molecular weight is 664 g/mol. The van der Waals surface area contributed by atoms with Gasteiger partial charge in [0.15, 0.2) is 32.4 Å². The predicted molar refractivity (Wildman–Crippen MR) is 159 cm³/mol. The lowest BCUT2D eigenvalue weighted by molar-refractivity contribution is -0.387. The van der Waals surface area contributed by atoms with Gasteiger partial charge in [0.25, 0.3) is 0 Å². The van der Waals surface area contributed by atoms with Crippen molar-refractivity contribution < 1.29 is 36.7 Å². The zero-order valence-corrected chi connectivity index (χ0v) is 25.5. The Morgan fingerprint density at radius 3 is 2.73 bits per heavy atom. The first-order chi connectivity index (χ1) is 21.5. The smallest absolute Gasteiger partial charge is 0.305 e. The minimum absolute atomic E-state index is 0.0196. The van der Waals surface area contributed by atoms with Crippen LogP contribution < -0.4 is 15.0 Å². The van der Waals surface area contributed by atoms with Gasteiger partial charge in [0.05, 0.1) is 53.4 Å². The first-order valence-corrected chi connectivity index (χ1v) is 15.8. The number of aliphatic hydroxyl groups excluding tert-OH is 1. The Hall–Kier alpha value is -4.39. The van der Waals surface area contributed by atoms with Gasteiger partial charge in [-0.1, -0.05) is 12.1 Å². The van der Waals surface area contributed by atoms with Crippen molar-refractivity contribution in [2.45, 2.75) is 33.7 Å². The summed E-state index contributed by atoms with van der Waals surface area (Å²) in [6.07, 6.45) is 0. The summed E-state index contributed by atoms with van der Waals surface area (Å²) in [6, 6.07) is 7.65. The van der Waals surface area contributed by atoms with Gasteiger partial charge in [-0.2, -0.15) is 9.49 Å². The summed E-state index contributed by atoms with van der Waals surface area (Å²) in [7, 11) is -2.86. The number of H-pyrrole nitrogens is 1. The largest absolute Gasteiger partial charge is 0.490 e. The molecule has 2 aromatic carbocycles. The zero-order valence-electron chi connectivity index (χ0n) is 23.9. The normalized spacial score (nSPS) is 15.2. The van der Waals surface area contributed by atoms with E-state index in [4.69, 9.17) is 9.47 Å². The van der Waals surface area contributed by atoms with Crippen molar-refractivity contribution >= 4 is 44.7 Å². The van der Waals surface area contributed by atoms with E-state index in [1.54, 1.807) is 11.0 Å². The van der Waals surface area contributed by atoms with E-state index in [1.165, 1.54) is 19.2 Å². The lowest BCUT2D eigenvalue weighted by Gasteiger charge is -2.36. The van der Waals surface area contributed by atoms with Gasteiger partial charge in [-0.3, -0.25) is 15.2 Å². The molecular weight excluding hydrogens is 636 g/mol. The van der Waals surface area contributed by atoms with Crippen LogP contribution in [0.5, 0.6) is 5.75 Å². The van der Waals surface area contributed by atoms with Gasteiger partial charge < -0.3 is 24.8 Å². The number of hydrogen-bond acceptors (Lipinski definition) is 13. The first kappa shape index (κ1) is 32.0. The number of anilines is 3. The quantitative estimate of drug-likeness (QED) is 0.120. The van der Waals surface area contributed by atoms with Crippen molar-refractivity contribution in [3.63, 3.8) is 0 Å². The minimum Gasteiger partial charge on any atom is -0.490 e. The van der Waals surface area contributed by atoms with Crippen molar-refractivity contribution in [1.82, 2.24) is 20.2 Å². The Labute approximate surface area is 259 Å². The minimum atomic E-state index is -4.29. The number of nitro groups is 1. The van der Waals surface area contributed by atoms with E-state index in [0.29, 0.717) is 24.8 Å². The Bertz CT molecular complexity index is 1840. The number of sulfone groups is 1. The molecule has 0 saturated carbocycles. The van der Waals surface area contributed by atoms with Crippen LogP contribution in [-0.2, 0) is 20.3 Å². The molecule has 4 aromatic rings. The SMILES string of the molecule is COc1c(Nc2cc(C)[nH]n2)nc(Sc2ccc(S(=O)(=O)Cc3cccc([N+](=O)[O-])c3F)cc2F)nc1N1CCOC[C@@H]1CO. The molecule has 45 heavy (non-hydrogen) atoms. The van der Waals surface area contributed by atoms with Crippen LogP contribution in [-0.4, -0.2) is 78.1 Å². The molecule has 0 bridgehead atoms. The fourth-order valence-corrected chi connectivity index (χ4v) is 6.70. The highest BCUT2D eigenvalue weighted by Crippen LogP contribution is 2.40. The Morgan fingerprint density at radius 2 is 2.07 bits per heavy atom. The van der Waals surface area contributed by atoms with Crippen LogP contribution in [0.25, 0.3) is 0 Å². The Morgan fingerprint density at radius 1 is 1.27 bits per heavy atom. The molecule has 3 heterocycles. The van der Waals surface area contributed by atoms with E-state index in [1.807, 2.05) is 6.92 Å². The van der Waals surface area contributed by atoms with Gasteiger partial charge in [0.1, 0.15) is 5.82 Å². The molecule has 5 rings (SSSR count). The molecule has 1 fully saturated rings. The maximum atomic E-state index is 15.4. The molecule has 1 aliphatic heterocycles. The Kier molecular flexibility index (Phi) is 9.47. The van der Waals surface area contributed by atoms with Crippen molar-refractivity contribution in [3.8, 4) is 5.75 Å². The second kappa shape index (κ2) is 13.3. The van der Waals surface area contributed by atoms with Gasteiger partial charge in [-0.15, -0.1) is 0 Å². The lowest BCUT2D eigenvalue weighted by Crippen LogP contribution is -2.48. The highest BCUT2D eigenvalue weighted by molar-refractivity contribution is 7.99. The van der Waals surface area contributed by atoms with Crippen molar-refractivity contribution in [3.05, 3.63) is 75.5 Å². The molecule has 18 heteroatoms. The van der Waals surface area contributed by atoms with Gasteiger partial charge in [0, 0.05) is 29.9 Å². The van der Waals surface area contributed by atoms with E-state index in [2.05, 4.69) is 25.5 Å². The topological polar surface area (TPSA) is 186 Å². The zero-order chi connectivity index (χ0) is 32.3. The van der Waals surface area contributed by atoms with Gasteiger partial charge in [-0.05, 0) is 36.9 Å². The first-order valence-electron chi connectivity index (χ1n) is 13.3. The molecule has 0 spiro atoms. The highest BCUT2D eigenvalue weighted by Gasteiger charge is 2.30. The molecule has 0 unspecified atom stereocenters. The van der Waals surface area contributed by atoms with Gasteiger partial charge in [0.2, 0.25) is 11.6 Å². The number of nitro benzene ring substituents is 1. The number of rotatable bonds is 11. The second-order valence-electron chi connectivity index (χ2n) is 9.84. The number of aromatic amines is 1. The molecule has 1 aliphatic rings. The molecule has 0 radical (unpaired) electrons. The van der Waals surface area contributed by atoms with Crippen molar-refractivity contribution in [2.24, 2.45) is 0 Å². The predicted octanol–water partition coefficient (Wildman–Crippen LogP) is 3.77. The number of morpholine rings is 1. The number of methoxy groups -OCH3 is 1. The molecule has 2 aromatic heterocycles. The van der Waals surface area contributed by atoms with Gasteiger partial charge in [-0.25, -0.2) is 22.8 Å². The van der Waals surface area contributed by atoms with Crippen LogP contribution in [0.1, 0.15) is 11.3 Å². The van der Waals surface area contributed by atoms with Crippen molar-refractivity contribution in [1.29, 1.82) is 0 Å². The standard InChI is InChI=1S/C27H27F2N7O7S2/c1-15-10-22(34-33-15)30-25-24(42-2)26(35-8-9-43-13-17(35)12-37)32-27(31-25)44-21-7-6-18(11-19(21)28)45(40,41)14-16-4-3-5-20(23(16)29)36(38)39/h3-7,10-11,17,37H,8-9,12-14H2,1-2H3,(H2,30,31,32,33,34)/t17-/m0/s1. The van der Waals surface area contributed by atoms with E-state index in [-0.39, 0.29) is 34.8 Å². The second-order valence-corrected chi connectivity index (χ2v) is 12.8. The molecule has 3 N–H and O–H groups in total. The van der Waals surface area contributed by atoms with E-state index < -0.39 is 54.3 Å². The summed E-state index contributed by atoms with van der Waals surface area (Å²) in [6.45, 7) is 2.54. The summed E-state index contributed by atoms with van der Waals surface area (Å²) in [4.78, 5) is 20.5. The molecule has 238 valence electrons. The van der Waals surface area contributed by atoms with Crippen LogP contribution >= 0.6 is 11.8 Å². The van der Waals surface area contributed by atoms with Crippen LogP contribution in [0, 0.1) is 28.7 Å². The maximum Gasteiger partial charge on any atom is 0.305 e. The number of aromatic nitrogens is 4. The number of hydrogen-bond donors (Lipinski definition) is 3. The highest BCUT2D eigenvalue weighted by atomic mass is 32.2. The number of nitrogens with zero attached hydrogens (tertiary/aromatic N) is 5. The molecule has 1 atom stereocenters. The van der Waals surface area contributed by atoms with Crippen LogP contribution in [0.15, 0.2) is 57.4 Å². The fourth-order valence-electron chi connectivity index (χ4n) is 4.58.